The fraction of sp³-hybridized carbons (Fsp3) is 0.455. The molecule has 0 spiro atoms. The lowest BCUT2D eigenvalue weighted by Gasteiger charge is -2.23. The summed E-state index contributed by atoms with van der Waals surface area (Å²) in [7, 11) is 0. The van der Waals surface area contributed by atoms with E-state index in [1.807, 2.05) is 49.6 Å². The number of ether oxygens (including phenoxy) is 2. The van der Waals surface area contributed by atoms with E-state index in [-0.39, 0.29) is 17.9 Å². The number of hydrogen-bond donors (Lipinski definition) is 1. The van der Waals surface area contributed by atoms with Crippen molar-refractivity contribution in [3.63, 3.8) is 0 Å². The summed E-state index contributed by atoms with van der Waals surface area (Å²) in [6, 6.07) is 9.14. The van der Waals surface area contributed by atoms with Crippen LogP contribution in [-0.4, -0.2) is 49.1 Å². The van der Waals surface area contributed by atoms with Gasteiger partial charge in [-0.05, 0) is 62.3 Å². The number of likely N-dealkylation sites (tertiary alicyclic amines) is 1. The monoisotopic (exact) mass is 416 g/mol. The van der Waals surface area contributed by atoms with Crippen molar-refractivity contribution in [2.75, 3.05) is 26.3 Å². The van der Waals surface area contributed by atoms with E-state index in [0.717, 1.165) is 23.5 Å². The maximum atomic E-state index is 12.7. The second-order valence-corrected chi connectivity index (χ2v) is 7.77. The van der Waals surface area contributed by atoms with Gasteiger partial charge in [0.2, 0.25) is 5.91 Å². The van der Waals surface area contributed by atoms with Crippen LogP contribution in [0.1, 0.15) is 41.9 Å². The molecular weight excluding hydrogens is 388 g/mol. The number of hydrogen-bond acceptors (Lipinski definition) is 5. The van der Waals surface area contributed by atoms with Crippen molar-refractivity contribution < 1.29 is 19.1 Å². The summed E-state index contributed by atoms with van der Waals surface area (Å²) in [6.45, 7) is 6.16. The molecule has 1 N–H and O–H groups in total. The van der Waals surface area contributed by atoms with E-state index in [0.29, 0.717) is 44.0 Å². The maximum Gasteiger partial charge on any atom is 0.264 e. The molecule has 2 aromatic rings. The van der Waals surface area contributed by atoms with E-state index in [2.05, 4.69) is 5.32 Å². The lowest BCUT2D eigenvalue weighted by Crippen LogP contribution is -2.46. The van der Waals surface area contributed by atoms with Gasteiger partial charge in [-0.3, -0.25) is 9.59 Å². The van der Waals surface area contributed by atoms with Gasteiger partial charge in [-0.25, -0.2) is 0 Å². The molecule has 0 bridgehead atoms. The molecule has 1 saturated heterocycles. The van der Waals surface area contributed by atoms with Gasteiger partial charge in [0.25, 0.3) is 5.91 Å². The zero-order valence-corrected chi connectivity index (χ0v) is 17.8. The van der Waals surface area contributed by atoms with Gasteiger partial charge in [0.05, 0.1) is 18.1 Å². The zero-order chi connectivity index (χ0) is 20.6. The second-order valence-electron chi connectivity index (χ2n) is 6.82. The van der Waals surface area contributed by atoms with E-state index >= 15 is 0 Å². The molecule has 1 aliphatic rings. The van der Waals surface area contributed by atoms with Crippen molar-refractivity contribution in [1.29, 1.82) is 0 Å². The first-order valence-electron chi connectivity index (χ1n) is 10.1. The molecule has 1 fully saturated rings. The van der Waals surface area contributed by atoms with Crippen LogP contribution < -0.4 is 14.8 Å². The smallest absolute Gasteiger partial charge is 0.264 e. The summed E-state index contributed by atoms with van der Waals surface area (Å²) in [5.41, 5.74) is 1.06. The number of carbonyl (C=O) groups excluding carboxylic acids is 2. The van der Waals surface area contributed by atoms with Gasteiger partial charge in [-0.15, -0.1) is 11.3 Å². The highest BCUT2D eigenvalue weighted by Gasteiger charge is 2.34. The Labute approximate surface area is 175 Å². The Balaban J connectivity index is 1.55. The van der Waals surface area contributed by atoms with Crippen LogP contribution >= 0.6 is 11.3 Å². The number of amides is 2. The molecule has 2 heterocycles. The van der Waals surface area contributed by atoms with Crippen molar-refractivity contribution in [2.24, 2.45) is 0 Å². The molecule has 156 valence electrons. The fourth-order valence-electron chi connectivity index (χ4n) is 3.52. The Bertz CT molecular complexity index is 822. The van der Waals surface area contributed by atoms with Gasteiger partial charge in [-0.2, -0.15) is 0 Å². The minimum atomic E-state index is -0.385. The van der Waals surface area contributed by atoms with Crippen LogP contribution in [0.4, 0.5) is 0 Å². The molecule has 2 amide bonds. The van der Waals surface area contributed by atoms with E-state index in [1.54, 1.807) is 4.90 Å². The largest absolute Gasteiger partial charge is 0.490 e. The summed E-state index contributed by atoms with van der Waals surface area (Å²) in [5, 5.41) is 4.87. The van der Waals surface area contributed by atoms with Crippen LogP contribution in [0.2, 0.25) is 0 Å². The van der Waals surface area contributed by atoms with Crippen molar-refractivity contribution in [3.05, 3.63) is 46.2 Å². The summed E-state index contributed by atoms with van der Waals surface area (Å²) in [6.07, 6.45) is 2.25. The third kappa shape index (κ3) is 5.29. The van der Waals surface area contributed by atoms with Crippen molar-refractivity contribution in [1.82, 2.24) is 10.2 Å². The standard InChI is InChI=1S/C22H28N2O4S/c1-3-27-18-10-9-16(15-19(18)28-4-2)11-12-23-21(25)17-7-5-13-24(17)22(26)20-8-6-14-29-20/h6,8-10,14-15,17H,3-5,7,11-13H2,1-2H3,(H,23,25). The molecule has 0 aliphatic carbocycles. The molecule has 1 aromatic carbocycles. The number of rotatable bonds is 9. The van der Waals surface area contributed by atoms with Crippen LogP contribution in [-0.2, 0) is 11.2 Å². The first-order valence-corrected chi connectivity index (χ1v) is 11.0. The van der Waals surface area contributed by atoms with Gasteiger partial charge < -0.3 is 19.7 Å². The Morgan fingerprint density at radius 2 is 1.97 bits per heavy atom. The molecule has 29 heavy (non-hydrogen) atoms. The Morgan fingerprint density at radius 3 is 2.69 bits per heavy atom. The van der Waals surface area contributed by atoms with E-state index in [9.17, 15) is 9.59 Å². The Morgan fingerprint density at radius 1 is 1.17 bits per heavy atom. The van der Waals surface area contributed by atoms with Gasteiger partial charge in [0, 0.05) is 13.1 Å². The fourth-order valence-corrected chi connectivity index (χ4v) is 4.20. The number of nitrogens with one attached hydrogen (secondary N) is 1. The van der Waals surface area contributed by atoms with Gasteiger partial charge in [0.1, 0.15) is 6.04 Å². The molecule has 6 nitrogen and oxygen atoms in total. The van der Waals surface area contributed by atoms with Gasteiger partial charge in [-0.1, -0.05) is 12.1 Å². The first kappa shape index (κ1) is 21.2. The molecular formula is C22H28N2O4S. The normalized spacial score (nSPS) is 15.9. The van der Waals surface area contributed by atoms with Crippen LogP contribution in [0.15, 0.2) is 35.7 Å². The predicted octanol–water partition coefficient (Wildman–Crippen LogP) is 3.51. The highest BCUT2D eigenvalue weighted by atomic mass is 32.1. The van der Waals surface area contributed by atoms with E-state index in [4.69, 9.17) is 9.47 Å². The summed E-state index contributed by atoms with van der Waals surface area (Å²) in [5.74, 6) is 1.33. The summed E-state index contributed by atoms with van der Waals surface area (Å²) < 4.78 is 11.2. The average Bonchev–Trinajstić information content (AvgIpc) is 3.42. The van der Waals surface area contributed by atoms with Crippen LogP contribution in [0.5, 0.6) is 11.5 Å². The van der Waals surface area contributed by atoms with Crippen molar-refractivity contribution in [3.8, 4) is 11.5 Å². The minimum absolute atomic E-state index is 0.0504. The second kappa shape index (κ2) is 10.3. The molecule has 1 aromatic heterocycles. The van der Waals surface area contributed by atoms with E-state index in [1.165, 1.54) is 11.3 Å². The van der Waals surface area contributed by atoms with Gasteiger partial charge in [0.15, 0.2) is 11.5 Å². The highest BCUT2D eigenvalue weighted by molar-refractivity contribution is 7.12. The lowest BCUT2D eigenvalue weighted by molar-refractivity contribution is -0.124. The van der Waals surface area contributed by atoms with Crippen molar-refractivity contribution >= 4 is 23.2 Å². The maximum absolute atomic E-state index is 12.7. The van der Waals surface area contributed by atoms with Crippen LogP contribution in [0.3, 0.4) is 0 Å². The number of nitrogens with zero attached hydrogens (tertiary/aromatic N) is 1. The van der Waals surface area contributed by atoms with Crippen molar-refractivity contribution in [2.45, 2.75) is 39.2 Å². The van der Waals surface area contributed by atoms with Crippen LogP contribution in [0, 0.1) is 0 Å². The minimum Gasteiger partial charge on any atom is -0.490 e. The average molecular weight is 417 g/mol. The lowest BCUT2D eigenvalue weighted by atomic mass is 10.1. The molecule has 1 aliphatic heterocycles. The highest BCUT2D eigenvalue weighted by Crippen LogP contribution is 2.28. The molecule has 0 radical (unpaired) electrons. The topological polar surface area (TPSA) is 67.9 Å². The quantitative estimate of drug-likeness (QED) is 0.679. The first-order chi connectivity index (χ1) is 14.1. The molecule has 3 rings (SSSR count). The predicted molar refractivity (Wildman–Crippen MR) is 114 cm³/mol. The number of thiophene rings is 1. The Kier molecular flexibility index (Phi) is 7.52. The number of benzene rings is 1. The third-order valence-corrected chi connectivity index (χ3v) is 5.73. The molecule has 1 unspecified atom stereocenters. The Hall–Kier alpha value is -2.54. The molecule has 7 heteroatoms. The summed E-state index contributed by atoms with van der Waals surface area (Å²) >= 11 is 1.41. The zero-order valence-electron chi connectivity index (χ0n) is 17.0. The number of carbonyl (C=O) groups is 2. The van der Waals surface area contributed by atoms with Crippen LogP contribution in [0.25, 0.3) is 0 Å². The molecule has 0 saturated carbocycles. The van der Waals surface area contributed by atoms with E-state index < -0.39 is 0 Å². The van der Waals surface area contributed by atoms with Gasteiger partial charge >= 0.3 is 0 Å². The SMILES string of the molecule is CCOc1ccc(CCNC(=O)C2CCCN2C(=O)c2cccs2)cc1OCC. The third-order valence-electron chi connectivity index (χ3n) is 4.87. The molecule has 1 atom stereocenters. The summed E-state index contributed by atoms with van der Waals surface area (Å²) in [4.78, 5) is 27.7.